The molecule has 1 aromatic carbocycles. The van der Waals surface area contributed by atoms with Crippen molar-refractivity contribution in [1.82, 2.24) is 0 Å². The number of phenols is 1. The first kappa shape index (κ1) is 11.0. The number of hydrogen-bond acceptors (Lipinski definition) is 2. The molecule has 0 heterocycles. The van der Waals surface area contributed by atoms with E-state index in [0.29, 0.717) is 10.0 Å². The maximum atomic E-state index is 9.71. The second-order valence-corrected chi connectivity index (χ2v) is 5.28. The van der Waals surface area contributed by atoms with Crippen LogP contribution in [-0.2, 0) is 5.54 Å². The van der Waals surface area contributed by atoms with Crippen LogP contribution in [0.25, 0.3) is 0 Å². The largest absolute Gasteiger partial charge is 0.506 e. The molecule has 0 spiro atoms. The normalized spacial score (nSPS) is 11.8. The molecule has 0 aromatic heterocycles. The Morgan fingerprint density at radius 1 is 1.31 bits per heavy atom. The first-order chi connectivity index (χ1) is 5.82. The lowest BCUT2D eigenvalue weighted by Gasteiger charge is -2.21. The Hall–Kier alpha value is -0.0600. The summed E-state index contributed by atoms with van der Waals surface area (Å²) < 4.78 is 1.54. The minimum absolute atomic E-state index is 0.204. The smallest absolute Gasteiger partial charge is 0.134 e. The SMILES string of the molecule is CC(C)(N)c1cc(Br)cc(Br)c1O. The van der Waals surface area contributed by atoms with E-state index in [1.807, 2.05) is 19.9 Å². The van der Waals surface area contributed by atoms with Crippen LogP contribution >= 0.6 is 31.9 Å². The highest BCUT2D eigenvalue weighted by Crippen LogP contribution is 2.36. The quantitative estimate of drug-likeness (QED) is 0.837. The van der Waals surface area contributed by atoms with Gasteiger partial charge in [0, 0.05) is 15.6 Å². The summed E-state index contributed by atoms with van der Waals surface area (Å²) in [6, 6.07) is 3.60. The average molecular weight is 309 g/mol. The molecule has 0 aliphatic carbocycles. The molecule has 0 aliphatic heterocycles. The fourth-order valence-corrected chi connectivity index (χ4v) is 2.28. The standard InChI is InChI=1S/C9H11Br2NO/c1-9(2,12)6-3-5(10)4-7(11)8(6)13/h3-4,13H,12H2,1-2H3. The Balaban J connectivity index is 3.37. The van der Waals surface area contributed by atoms with Crippen LogP contribution in [0, 0.1) is 0 Å². The second kappa shape index (κ2) is 3.59. The van der Waals surface area contributed by atoms with Gasteiger partial charge in [-0.25, -0.2) is 0 Å². The molecule has 0 bridgehead atoms. The molecule has 0 atom stereocenters. The van der Waals surface area contributed by atoms with Crippen molar-refractivity contribution in [2.24, 2.45) is 5.73 Å². The molecule has 0 saturated carbocycles. The third-order valence-electron chi connectivity index (χ3n) is 1.72. The van der Waals surface area contributed by atoms with Crippen molar-refractivity contribution in [1.29, 1.82) is 0 Å². The third-order valence-corrected chi connectivity index (χ3v) is 2.78. The predicted octanol–water partition coefficient (Wildman–Crippen LogP) is 3.11. The molecule has 0 saturated heterocycles. The van der Waals surface area contributed by atoms with Crippen LogP contribution in [0.4, 0.5) is 0 Å². The fraction of sp³-hybridized carbons (Fsp3) is 0.333. The molecule has 0 radical (unpaired) electrons. The van der Waals surface area contributed by atoms with Crippen LogP contribution in [0.15, 0.2) is 21.1 Å². The van der Waals surface area contributed by atoms with E-state index in [1.54, 1.807) is 6.07 Å². The van der Waals surface area contributed by atoms with Crippen molar-refractivity contribution in [3.63, 3.8) is 0 Å². The Morgan fingerprint density at radius 2 is 1.85 bits per heavy atom. The van der Waals surface area contributed by atoms with Gasteiger partial charge in [0.05, 0.1) is 4.47 Å². The lowest BCUT2D eigenvalue weighted by molar-refractivity contribution is 0.437. The van der Waals surface area contributed by atoms with Gasteiger partial charge in [-0.05, 0) is 41.9 Å². The molecule has 1 aromatic rings. The van der Waals surface area contributed by atoms with E-state index in [0.717, 1.165) is 4.47 Å². The van der Waals surface area contributed by atoms with Gasteiger partial charge in [-0.3, -0.25) is 0 Å². The number of hydrogen-bond donors (Lipinski definition) is 2. The van der Waals surface area contributed by atoms with Gasteiger partial charge in [-0.1, -0.05) is 15.9 Å². The molecule has 3 N–H and O–H groups in total. The van der Waals surface area contributed by atoms with Crippen molar-refractivity contribution >= 4 is 31.9 Å². The summed E-state index contributed by atoms with van der Waals surface area (Å²) in [5.41, 5.74) is 6.06. The monoisotopic (exact) mass is 307 g/mol. The van der Waals surface area contributed by atoms with Crippen molar-refractivity contribution < 1.29 is 5.11 Å². The van der Waals surface area contributed by atoms with Crippen molar-refractivity contribution in [2.45, 2.75) is 19.4 Å². The molecule has 0 unspecified atom stereocenters. The van der Waals surface area contributed by atoms with Gasteiger partial charge in [0.25, 0.3) is 0 Å². The highest BCUT2D eigenvalue weighted by Gasteiger charge is 2.20. The van der Waals surface area contributed by atoms with E-state index < -0.39 is 5.54 Å². The molecule has 13 heavy (non-hydrogen) atoms. The van der Waals surface area contributed by atoms with Gasteiger partial charge in [0.2, 0.25) is 0 Å². The van der Waals surface area contributed by atoms with E-state index in [4.69, 9.17) is 5.73 Å². The highest BCUT2D eigenvalue weighted by atomic mass is 79.9. The average Bonchev–Trinajstić information content (AvgIpc) is 1.94. The minimum Gasteiger partial charge on any atom is -0.506 e. The lowest BCUT2D eigenvalue weighted by Crippen LogP contribution is -2.28. The van der Waals surface area contributed by atoms with E-state index in [1.165, 1.54) is 0 Å². The Labute approximate surface area is 94.4 Å². The summed E-state index contributed by atoms with van der Waals surface area (Å²) >= 11 is 6.60. The molecule has 0 aliphatic rings. The van der Waals surface area contributed by atoms with Gasteiger partial charge in [-0.2, -0.15) is 0 Å². The molecule has 0 fully saturated rings. The molecule has 2 nitrogen and oxygen atoms in total. The van der Waals surface area contributed by atoms with Crippen LogP contribution in [-0.4, -0.2) is 5.11 Å². The zero-order valence-corrected chi connectivity index (χ0v) is 10.6. The van der Waals surface area contributed by atoms with E-state index in [9.17, 15) is 5.11 Å². The summed E-state index contributed by atoms with van der Waals surface area (Å²) in [6.45, 7) is 3.70. The van der Waals surface area contributed by atoms with Crippen LogP contribution in [0.5, 0.6) is 5.75 Å². The number of benzene rings is 1. The number of aromatic hydroxyl groups is 1. The molecule has 1 rings (SSSR count). The number of halogens is 2. The van der Waals surface area contributed by atoms with E-state index in [2.05, 4.69) is 31.9 Å². The van der Waals surface area contributed by atoms with Crippen LogP contribution in [0.1, 0.15) is 19.4 Å². The summed E-state index contributed by atoms with van der Waals surface area (Å²) in [5, 5.41) is 9.71. The summed E-state index contributed by atoms with van der Waals surface area (Å²) in [6.07, 6.45) is 0. The first-order valence-electron chi connectivity index (χ1n) is 3.79. The first-order valence-corrected chi connectivity index (χ1v) is 5.38. The minimum atomic E-state index is -0.545. The van der Waals surface area contributed by atoms with Crippen LogP contribution in [0.2, 0.25) is 0 Å². The molecule has 4 heteroatoms. The number of phenolic OH excluding ortho intramolecular Hbond substituents is 1. The van der Waals surface area contributed by atoms with Gasteiger partial charge in [-0.15, -0.1) is 0 Å². The Morgan fingerprint density at radius 3 is 2.31 bits per heavy atom. The molecule has 0 amide bonds. The summed E-state index contributed by atoms with van der Waals surface area (Å²) in [4.78, 5) is 0. The fourth-order valence-electron chi connectivity index (χ4n) is 1.06. The maximum Gasteiger partial charge on any atom is 0.134 e. The molecular formula is C9H11Br2NO. The zero-order valence-electron chi connectivity index (χ0n) is 7.44. The number of nitrogens with two attached hydrogens (primary N) is 1. The van der Waals surface area contributed by atoms with Gasteiger partial charge in [0.15, 0.2) is 0 Å². The summed E-state index contributed by atoms with van der Waals surface area (Å²) in [5.74, 6) is 0.204. The van der Waals surface area contributed by atoms with Crippen molar-refractivity contribution in [3.05, 3.63) is 26.6 Å². The molecule has 72 valence electrons. The Kier molecular flexibility index (Phi) is 3.05. The highest BCUT2D eigenvalue weighted by molar-refractivity contribution is 9.11. The topological polar surface area (TPSA) is 46.2 Å². The van der Waals surface area contributed by atoms with Gasteiger partial charge in [0.1, 0.15) is 5.75 Å². The number of rotatable bonds is 1. The summed E-state index contributed by atoms with van der Waals surface area (Å²) in [7, 11) is 0. The van der Waals surface area contributed by atoms with Crippen LogP contribution < -0.4 is 5.73 Å². The van der Waals surface area contributed by atoms with E-state index in [-0.39, 0.29) is 5.75 Å². The maximum absolute atomic E-state index is 9.71. The van der Waals surface area contributed by atoms with Gasteiger partial charge < -0.3 is 10.8 Å². The zero-order chi connectivity index (χ0) is 10.2. The van der Waals surface area contributed by atoms with Gasteiger partial charge >= 0.3 is 0 Å². The Bertz CT molecular complexity index is 331. The van der Waals surface area contributed by atoms with Crippen molar-refractivity contribution in [2.75, 3.05) is 0 Å². The lowest BCUT2D eigenvalue weighted by atomic mass is 9.95. The van der Waals surface area contributed by atoms with E-state index >= 15 is 0 Å². The molecular weight excluding hydrogens is 298 g/mol. The second-order valence-electron chi connectivity index (χ2n) is 3.51. The predicted molar refractivity (Wildman–Crippen MR) is 60.7 cm³/mol. The van der Waals surface area contributed by atoms with Crippen LogP contribution in [0.3, 0.4) is 0 Å². The van der Waals surface area contributed by atoms with Crippen molar-refractivity contribution in [3.8, 4) is 5.75 Å². The third kappa shape index (κ3) is 2.45.